The number of hydrazone groups is 1. The zero-order valence-corrected chi connectivity index (χ0v) is 7.23. The molecule has 0 atom stereocenters. The van der Waals surface area contributed by atoms with E-state index in [2.05, 4.69) is 12.0 Å². The average Bonchev–Trinajstić information content (AvgIpc) is 2.05. The van der Waals surface area contributed by atoms with E-state index in [1.165, 1.54) is 6.20 Å². The van der Waals surface area contributed by atoms with Gasteiger partial charge in [0, 0.05) is 6.42 Å². The number of hydroxylamine groups is 1. The van der Waals surface area contributed by atoms with Crippen LogP contribution in [0.2, 0.25) is 0 Å². The molecular weight excluding hydrogens is 156 g/mol. The molecule has 4 nitrogen and oxygen atoms in total. The Kier molecular flexibility index (Phi) is 3.60. The van der Waals surface area contributed by atoms with Crippen LogP contribution in [-0.2, 0) is 4.74 Å². The van der Waals surface area contributed by atoms with E-state index >= 15 is 0 Å². The van der Waals surface area contributed by atoms with Crippen molar-refractivity contribution >= 4 is 5.90 Å². The van der Waals surface area contributed by atoms with Gasteiger partial charge in [-0.1, -0.05) is 19.4 Å². The van der Waals surface area contributed by atoms with Gasteiger partial charge in [-0.2, -0.15) is 0 Å². The first-order chi connectivity index (χ1) is 5.83. The van der Waals surface area contributed by atoms with Gasteiger partial charge < -0.3 is 4.74 Å². The Bertz CT molecular complexity index is 189. The Hall–Kier alpha value is -1.03. The average molecular weight is 170 g/mol. The van der Waals surface area contributed by atoms with Crippen molar-refractivity contribution in [2.45, 2.75) is 26.2 Å². The van der Waals surface area contributed by atoms with Crippen molar-refractivity contribution < 1.29 is 9.94 Å². The second-order valence-electron chi connectivity index (χ2n) is 2.61. The van der Waals surface area contributed by atoms with Crippen molar-refractivity contribution in [3.05, 3.63) is 12.3 Å². The van der Waals surface area contributed by atoms with Gasteiger partial charge in [0.05, 0.1) is 12.8 Å². The topological polar surface area (TPSA) is 45.1 Å². The maximum Gasteiger partial charge on any atom is 0.212 e. The van der Waals surface area contributed by atoms with Crippen molar-refractivity contribution in [1.82, 2.24) is 5.17 Å². The minimum Gasteiger partial charge on any atom is -0.479 e. The monoisotopic (exact) mass is 170 g/mol. The largest absolute Gasteiger partial charge is 0.479 e. The van der Waals surface area contributed by atoms with Gasteiger partial charge in [0.2, 0.25) is 5.90 Å². The second kappa shape index (κ2) is 4.77. The van der Waals surface area contributed by atoms with E-state index in [0.717, 1.165) is 18.0 Å². The van der Waals surface area contributed by atoms with Crippen molar-refractivity contribution in [1.29, 1.82) is 0 Å². The summed E-state index contributed by atoms with van der Waals surface area (Å²) in [4.78, 5) is 0. The molecule has 0 aromatic rings. The SMILES string of the molecule is CCCCOC1=NN(O)C=CC1. The summed E-state index contributed by atoms with van der Waals surface area (Å²) in [6.07, 6.45) is 6.09. The molecule has 1 rings (SSSR count). The minimum absolute atomic E-state index is 0.577. The highest BCUT2D eigenvalue weighted by Crippen LogP contribution is 2.03. The maximum absolute atomic E-state index is 8.92. The smallest absolute Gasteiger partial charge is 0.212 e. The lowest BCUT2D eigenvalue weighted by Gasteiger charge is -2.13. The standard InChI is InChI=1S/C8H14N2O2/c1-2-3-7-12-8-5-4-6-10(11)9-8/h4,6,11H,2-3,5,7H2,1H3. The highest BCUT2D eigenvalue weighted by Gasteiger charge is 2.04. The predicted molar refractivity (Wildman–Crippen MR) is 45.7 cm³/mol. The molecule has 0 aromatic carbocycles. The molecule has 0 unspecified atom stereocenters. The third-order valence-corrected chi connectivity index (χ3v) is 1.51. The number of hydrogen-bond acceptors (Lipinski definition) is 4. The number of rotatable bonds is 3. The first kappa shape index (κ1) is 9.06. The molecule has 0 saturated heterocycles. The van der Waals surface area contributed by atoms with E-state index in [1.807, 2.05) is 0 Å². The van der Waals surface area contributed by atoms with Crippen molar-refractivity contribution in [2.24, 2.45) is 5.10 Å². The van der Waals surface area contributed by atoms with E-state index in [1.54, 1.807) is 6.08 Å². The van der Waals surface area contributed by atoms with Crippen LogP contribution in [-0.4, -0.2) is 22.9 Å². The van der Waals surface area contributed by atoms with Gasteiger partial charge in [0.15, 0.2) is 0 Å². The minimum atomic E-state index is 0.577. The summed E-state index contributed by atoms with van der Waals surface area (Å²) in [7, 11) is 0. The van der Waals surface area contributed by atoms with Gasteiger partial charge in [-0.05, 0) is 6.42 Å². The number of hydrogen-bond donors (Lipinski definition) is 1. The van der Waals surface area contributed by atoms with Crippen LogP contribution in [0.1, 0.15) is 26.2 Å². The fraction of sp³-hybridized carbons (Fsp3) is 0.625. The zero-order valence-electron chi connectivity index (χ0n) is 7.23. The Morgan fingerprint density at radius 2 is 2.58 bits per heavy atom. The summed E-state index contributed by atoms with van der Waals surface area (Å²) >= 11 is 0. The summed E-state index contributed by atoms with van der Waals surface area (Å²) in [6, 6.07) is 0. The molecule has 1 heterocycles. The van der Waals surface area contributed by atoms with Crippen LogP contribution in [0.25, 0.3) is 0 Å². The summed E-state index contributed by atoms with van der Waals surface area (Å²) in [5.41, 5.74) is 0. The molecule has 0 radical (unpaired) electrons. The van der Waals surface area contributed by atoms with E-state index in [-0.39, 0.29) is 0 Å². The quantitative estimate of drug-likeness (QED) is 0.656. The summed E-state index contributed by atoms with van der Waals surface area (Å²) in [6.45, 7) is 2.78. The molecule has 0 amide bonds. The molecule has 1 aliphatic heterocycles. The maximum atomic E-state index is 8.92. The summed E-state index contributed by atoms with van der Waals surface area (Å²) in [5.74, 6) is 0.577. The van der Waals surface area contributed by atoms with Crippen LogP contribution < -0.4 is 0 Å². The number of ether oxygens (including phenoxy) is 1. The Morgan fingerprint density at radius 1 is 1.75 bits per heavy atom. The molecule has 1 aliphatic rings. The van der Waals surface area contributed by atoms with Crippen molar-refractivity contribution in [2.75, 3.05) is 6.61 Å². The molecule has 0 bridgehead atoms. The van der Waals surface area contributed by atoms with Crippen LogP contribution in [0.5, 0.6) is 0 Å². The third kappa shape index (κ3) is 2.92. The molecule has 1 N–H and O–H groups in total. The van der Waals surface area contributed by atoms with Gasteiger partial charge in [-0.25, -0.2) is 0 Å². The molecule has 12 heavy (non-hydrogen) atoms. The Morgan fingerprint density at radius 3 is 3.25 bits per heavy atom. The van der Waals surface area contributed by atoms with E-state index < -0.39 is 0 Å². The fourth-order valence-electron chi connectivity index (χ4n) is 0.858. The highest BCUT2D eigenvalue weighted by atomic mass is 16.5. The van der Waals surface area contributed by atoms with Crippen molar-refractivity contribution in [3.63, 3.8) is 0 Å². The van der Waals surface area contributed by atoms with Crippen LogP contribution in [0.4, 0.5) is 0 Å². The van der Waals surface area contributed by atoms with Gasteiger partial charge in [0.25, 0.3) is 0 Å². The lowest BCUT2D eigenvalue weighted by atomic mass is 10.3. The van der Waals surface area contributed by atoms with Gasteiger partial charge in [-0.3, -0.25) is 5.21 Å². The van der Waals surface area contributed by atoms with Crippen LogP contribution in [0.3, 0.4) is 0 Å². The third-order valence-electron chi connectivity index (χ3n) is 1.51. The van der Waals surface area contributed by atoms with Crippen LogP contribution in [0, 0.1) is 0 Å². The van der Waals surface area contributed by atoms with E-state index in [4.69, 9.17) is 9.94 Å². The highest BCUT2D eigenvalue weighted by molar-refractivity contribution is 5.77. The van der Waals surface area contributed by atoms with Crippen LogP contribution in [0.15, 0.2) is 17.4 Å². The molecule has 68 valence electrons. The van der Waals surface area contributed by atoms with E-state index in [0.29, 0.717) is 18.9 Å². The Labute approximate surface area is 72.1 Å². The normalized spacial score (nSPS) is 16.2. The lowest BCUT2D eigenvalue weighted by molar-refractivity contribution is -0.0435. The molecular formula is C8H14N2O2. The first-order valence-corrected chi connectivity index (χ1v) is 4.18. The number of nitrogens with zero attached hydrogens (tertiary/aromatic N) is 2. The van der Waals surface area contributed by atoms with E-state index in [9.17, 15) is 0 Å². The van der Waals surface area contributed by atoms with Gasteiger partial charge in [0.1, 0.15) is 0 Å². The molecule has 0 aliphatic carbocycles. The molecule has 4 heteroatoms. The molecule has 0 aromatic heterocycles. The zero-order chi connectivity index (χ0) is 8.81. The van der Waals surface area contributed by atoms with Gasteiger partial charge >= 0.3 is 0 Å². The van der Waals surface area contributed by atoms with Crippen molar-refractivity contribution in [3.8, 4) is 0 Å². The first-order valence-electron chi connectivity index (χ1n) is 4.18. The van der Waals surface area contributed by atoms with Crippen LogP contribution >= 0.6 is 0 Å². The second-order valence-corrected chi connectivity index (χ2v) is 2.61. The summed E-state index contributed by atoms with van der Waals surface area (Å²) < 4.78 is 5.29. The van der Waals surface area contributed by atoms with Gasteiger partial charge in [-0.15, -0.1) is 10.3 Å². The summed E-state index contributed by atoms with van der Waals surface area (Å²) in [5, 5.41) is 13.4. The number of unbranched alkanes of at least 4 members (excludes halogenated alkanes) is 1. The Balaban J connectivity index is 2.23. The molecule has 0 spiro atoms. The predicted octanol–water partition coefficient (Wildman–Crippen LogP) is 1.73. The fourth-order valence-corrected chi connectivity index (χ4v) is 0.858. The lowest BCUT2D eigenvalue weighted by Crippen LogP contribution is -2.15. The molecule has 0 fully saturated rings. The molecule has 0 saturated carbocycles.